The molecule has 0 saturated carbocycles. The second-order valence-electron chi connectivity index (χ2n) is 1.76. The molecule has 0 aromatic heterocycles. The van der Waals surface area contributed by atoms with Gasteiger partial charge in [-0.3, -0.25) is 0 Å². The molecular formula is C8H9O2-. The van der Waals surface area contributed by atoms with Crippen molar-refractivity contribution in [1.82, 2.24) is 0 Å². The van der Waals surface area contributed by atoms with Gasteiger partial charge in [-0.1, -0.05) is 30.9 Å². The number of carboxylic acid groups (broad SMARTS) is 1. The predicted octanol–water partition coefficient (Wildman–Crippen LogP) is 0.425. The normalized spacial score (nSPS) is 11.9. The van der Waals surface area contributed by atoms with Crippen molar-refractivity contribution in [3.05, 3.63) is 36.5 Å². The van der Waals surface area contributed by atoms with E-state index in [9.17, 15) is 9.90 Å². The molecule has 0 aromatic rings. The zero-order valence-electron chi connectivity index (χ0n) is 5.83. The lowest BCUT2D eigenvalue weighted by atomic mass is 10.3. The Morgan fingerprint density at radius 3 is 2.50 bits per heavy atom. The first-order valence-corrected chi connectivity index (χ1v) is 2.86. The second kappa shape index (κ2) is 4.56. The second-order valence-corrected chi connectivity index (χ2v) is 1.76. The van der Waals surface area contributed by atoms with E-state index in [1.165, 1.54) is 13.0 Å². The van der Waals surface area contributed by atoms with Crippen LogP contribution in [0.15, 0.2) is 36.5 Å². The Bertz CT molecular complexity index is 187. The van der Waals surface area contributed by atoms with Crippen molar-refractivity contribution < 1.29 is 9.90 Å². The average Bonchev–Trinajstić information content (AvgIpc) is 1.88. The number of aliphatic carboxylic acids is 1. The summed E-state index contributed by atoms with van der Waals surface area (Å²) in [4.78, 5) is 10.1. The van der Waals surface area contributed by atoms with Crippen molar-refractivity contribution in [3.8, 4) is 0 Å². The summed E-state index contributed by atoms with van der Waals surface area (Å²) < 4.78 is 0. The van der Waals surface area contributed by atoms with Crippen LogP contribution in [0, 0.1) is 0 Å². The fourth-order valence-electron chi connectivity index (χ4n) is 0.347. The van der Waals surface area contributed by atoms with Crippen LogP contribution in [0.2, 0.25) is 0 Å². The summed E-state index contributed by atoms with van der Waals surface area (Å²) in [6, 6.07) is 0. The molecule has 0 N–H and O–H groups in total. The standard InChI is InChI=1S/C8H10O2/c1-3-4-5-6-7(2)8(9)10/h3-6H,1H2,2H3,(H,9,10)/p-1/b5-4+,7-6+. The van der Waals surface area contributed by atoms with Gasteiger partial charge in [0, 0.05) is 0 Å². The van der Waals surface area contributed by atoms with E-state index in [4.69, 9.17) is 0 Å². The Balaban J connectivity index is 4.04. The highest BCUT2D eigenvalue weighted by Gasteiger charge is 1.82. The van der Waals surface area contributed by atoms with Crippen molar-refractivity contribution in [3.63, 3.8) is 0 Å². The Kier molecular flexibility index (Phi) is 3.96. The molecule has 0 rings (SSSR count). The Morgan fingerprint density at radius 1 is 1.50 bits per heavy atom. The summed E-state index contributed by atoms with van der Waals surface area (Å²) in [5, 5.41) is 10.1. The first-order chi connectivity index (χ1) is 4.68. The molecule has 0 spiro atoms. The van der Waals surface area contributed by atoms with Crippen LogP contribution < -0.4 is 5.11 Å². The van der Waals surface area contributed by atoms with Crippen molar-refractivity contribution in [2.45, 2.75) is 6.92 Å². The third-order valence-electron chi connectivity index (χ3n) is 0.915. The van der Waals surface area contributed by atoms with Crippen LogP contribution in [-0.4, -0.2) is 5.97 Å². The maximum atomic E-state index is 10.1. The van der Waals surface area contributed by atoms with Gasteiger partial charge in [-0.15, -0.1) is 0 Å². The highest BCUT2D eigenvalue weighted by molar-refractivity contribution is 5.84. The van der Waals surface area contributed by atoms with E-state index in [0.29, 0.717) is 0 Å². The first kappa shape index (κ1) is 8.69. The minimum absolute atomic E-state index is 0.207. The summed E-state index contributed by atoms with van der Waals surface area (Å²) in [5.41, 5.74) is 0.207. The van der Waals surface area contributed by atoms with Gasteiger partial charge in [0.2, 0.25) is 0 Å². The molecule has 0 amide bonds. The zero-order valence-corrected chi connectivity index (χ0v) is 5.83. The number of allylic oxidation sites excluding steroid dienone is 4. The maximum absolute atomic E-state index is 10.1. The average molecular weight is 137 g/mol. The Morgan fingerprint density at radius 2 is 2.10 bits per heavy atom. The Hall–Kier alpha value is -1.31. The third kappa shape index (κ3) is 3.66. The SMILES string of the molecule is C=C/C=C/C=C(\C)C(=O)[O-]. The quantitative estimate of drug-likeness (QED) is 0.418. The van der Waals surface area contributed by atoms with E-state index in [0.717, 1.165) is 0 Å². The minimum atomic E-state index is -1.14. The van der Waals surface area contributed by atoms with Crippen molar-refractivity contribution in [2.75, 3.05) is 0 Å². The molecule has 2 nitrogen and oxygen atoms in total. The molecule has 0 atom stereocenters. The Labute approximate surface area is 60.2 Å². The van der Waals surface area contributed by atoms with Crippen LogP contribution in [0.5, 0.6) is 0 Å². The van der Waals surface area contributed by atoms with Crippen LogP contribution in [0.25, 0.3) is 0 Å². The van der Waals surface area contributed by atoms with Gasteiger partial charge in [0.05, 0.1) is 5.97 Å². The number of rotatable bonds is 3. The highest BCUT2D eigenvalue weighted by atomic mass is 16.4. The summed E-state index contributed by atoms with van der Waals surface area (Å²) in [7, 11) is 0. The number of hydrogen-bond acceptors (Lipinski definition) is 2. The monoisotopic (exact) mass is 137 g/mol. The van der Waals surface area contributed by atoms with Gasteiger partial charge in [0.1, 0.15) is 0 Å². The van der Waals surface area contributed by atoms with E-state index in [1.54, 1.807) is 18.2 Å². The highest BCUT2D eigenvalue weighted by Crippen LogP contribution is 1.89. The number of carbonyl (C=O) groups excluding carboxylic acids is 1. The van der Waals surface area contributed by atoms with Gasteiger partial charge in [0.25, 0.3) is 0 Å². The number of carboxylic acids is 1. The third-order valence-corrected chi connectivity index (χ3v) is 0.915. The van der Waals surface area contributed by atoms with Crippen LogP contribution in [0.1, 0.15) is 6.92 Å². The van der Waals surface area contributed by atoms with E-state index >= 15 is 0 Å². The van der Waals surface area contributed by atoms with Crippen molar-refractivity contribution >= 4 is 5.97 Å². The van der Waals surface area contributed by atoms with Gasteiger partial charge >= 0.3 is 0 Å². The van der Waals surface area contributed by atoms with Gasteiger partial charge in [0.15, 0.2) is 0 Å². The molecule has 0 unspecified atom stereocenters. The van der Waals surface area contributed by atoms with E-state index in [2.05, 4.69) is 6.58 Å². The summed E-state index contributed by atoms with van der Waals surface area (Å²) in [6.07, 6.45) is 6.26. The molecule has 0 aromatic carbocycles. The molecule has 10 heavy (non-hydrogen) atoms. The van der Waals surface area contributed by atoms with Gasteiger partial charge in [-0.25, -0.2) is 0 Å². The molecule has 0 aliphatic rings. The summed E-state index contributed by atoms with van der Waals surface area (Å²) in [6.45, 7) is 4.90. The van der Waals surface area contributed by atoms with Gasteiger partial charge in [-0.2, -0.15) is 0 Å². The molecule has 0 bridgehead atoms. The lowest BCUT2D eigenvalue weighted by Gasteiger charge is -1.97. The summed E-state index contributed by atoms with van der Waals surface area (Å²) in [5.74, 6) is -1.14. The first-order valence-electron chi connectivity index (χ1n) is 2.86. The minimum Gasteiger partial charge on any atom is -0.545 e. The van der Waals surface area contributed by atoms with Crippen LogP contribution in [0.3, 0.4) is 0 Å². The van der Waals surface area contributed by atoms with Crippen LogP contribution >= 0.6 is 0 Å². The fraction of sp³-hybridized carbons (Fsp3) is 0.125. The molecule has 0 aliphatic carbocycles. The van der Waals surface area contributed by atoms with Gasteiger partial charge < -0.3 is 9.90 Å². The van der Waals surface area contributed by atoms with E-state index in [1.807, 2.05) is 0 Å². The molecule has 2 heteroatoms. The molecule has 0 radical (unpaired) electrons. The van der Waals surface area contributed by atoms with Gasteiger partial charge in [-0.05, 0) is 12.5 Å². The van der Waals surface area contributed by atoms with E-state index < -0.39 is 5.97 Å². The number of hydrogen-bond donors (Lipinski definition) is 0. The molecule has 54 valence electrons. The molecule has 0 fully saturated rings. The van der Waals surface area contributed by atoms with Crippen LogP contribution in [-0.2, 0) is 4.79 Å². The maximum Gasteiger partial charge on any atom is 0.0672 e. The van der Waals surface area contributed by atoms with Crippen molar-refractivity contribution in [2.24, 2.45) is 0 Å². The smallest absolute Gasteiger partial charge is 0.0672 e. The topological polar surface area (TPSA) is 40.1 Å². The predicted molar refractivity (Wildman–Crippen MR) is 38.1 cm³/mol. The molecule has 0 heterocycles. The van der Waals surface area contributed by atoms with Crippen LogP contribution in [0.4, 0.5) is 0 Å². The summed E-state index contributed by atoms with van der Waals surface area (Å²) >= 11 is 0. The largest absolute Gasteiger partial charge is 0.545 e. The molecular weight excluding hydrogens is 128 g/mol. The lowest BCUT2D eigenvalue weighted by Crippen LogP contribution is -2.22. The number of carbonyl (C=O) groups is 1. The van der Waals surface area contributed by atoms with Crippen molar-refractivity contribution in [1.29, 1.82) is 0 Å². The fourth-order valence-corrected chi connectivity index (χ4v) is 0.347. The van der Waals surface area contributed by atoms with E-state index in [-0.39, 0.29) is 5.57 Å². The lowest BCUT2D eigenvalue weighted by molar-refractivity contribution is -0.299. The zero-order chi connectivity index (χ0) is 7.98. The molecule has 0 aliphatic heterocycles. The molecule has 0 saturated heterocycles.